The number of benzene rings is 4. The van der Waals surface area contributed by atoms with E-state index >= 15 is 0 Å². The molecule has 40 heavy (non-hydrogen) atoms. The molecule has 0 unspecified atom stereocenters. The van der Waals surface area contributed by atoms with Crippen LogP contribution in [0.4, 0.5) is 0 Å². The molecule has 0 saturated heterocycles. The number of rotatable bonds is 2. The van der Waals surface area contributed by atoms with E-state index in [1.807, 2.05) is 0 Å². The fraction of sp³-hybridized carbons (Fsp3) is 0.158. The zero-order valence-electron chi connectivity index (χ0n) is 25.4. The second kappa shape index (κ2) is 16.5. The van der Waals surface area contributed by atoms with Gasteiger partial charge in [-0.25, -0.2) is 0 Å². The van der Waals surface area contributed by atoms with Gasteiger partial charge in [0, 0.05) is 9.52 Å². The van der Waals surface area contributed by atoms with E-state index in [9.17, 15) is 0 Å². The Bertz CT molecular complexity index is 1490. The topological polar surface area (TPSA) is 0 Å². The molecule has 0 saturated carbocycles. The Kier molecular flexibility index (Phi) is 14.5. The summed E-state index contributed by atoms with van der Waals surface area (Å²) in [4.78, 5) is 0. The Morgan fingerprint density at radius 1 is 0.475 bits per heavy atom. The van der Waals surface area contributed by atoms with Crippen molar-refractivity contribution in [3.63, 3.8) is 0 Å². The molecular weight excluding hydrogens is 576 g/mol. The Morgan fingerprint density at radius 3 is 1.15 bits per heavy atom. The van der Waals surface area contributed by atoms with Crippen LogP contribution in [0.25, 0.3) is 43.8 Å². The zero-order valence-corrected chi connectivity index (χ0v) is 28.9. The van der Waals surface area contributed by atoms with Crippen LogP contribution in [0.2, 0.25) is 13.1 Å². The van der Waals surface area contributed by atoms with E-state index in [0.29, 0.717) is 0 Å². The Morgan fingerprint density at radius 2 is 0.800 bits per heavy atom. The van der Waals surface area contributed by atoms with Crippen molar-refractivity contribution in [3.05, 3.63) is 146 Å². The SMILES string of the molecule is C[Si]C.Cc1cc2c(-c3ccccc3C)cccc2[cH-]1.Cc1cc2c(-c3ccccc3C)cccc2[cH-]1.[CH3-].[CH3-].[Zr+4]. The third-order valence-electron chi connectivity index (χ3n) is 6.66. The second-order valence-corrected chi connectivity index (χ2v) is 10.8. The van der Waals surface area contributed by atoms with Crippen molar-refractivity contribution in [2.24, 2.45) is 0 Å². The molecule has 6 aromatic rings. The molecule has 0 aromatic heterocycles. The molecule has 6 rings (SSSR count). The van der Waals surface area contributed by atoms with E-state index in [2.05, 4.69) is 150 Å². The first-order valence-electron chi connectivity index (χ1n) is 13.0. The van der Waals surface area contributed by atoms with Gasteiger partial charge < -0.3 is 14.9 Å². The van der Waals surface area contributed by atoms with Crippen LogP contribution >= 0.6 is 0 Å². The fourth-order valence-corrected chi connectivity index (χ4v) is 4.99. The fourth-order valence-electron chi connectivity index (χ4n) is 4.99. The van der Waals surface area contributed by atoms with E-state index in [0.717, 1.165) is 9.52 Å². The summed E-state index contributed by atoms with van der Waals surface area (Å²) in [7, 11) is 1.08. The van der Waals surface area contributed by atoms with E-state index in [-0.39, 0.29) is 41.1 Å². The minimum Gasteiger partial charge on any atom is -0.358 e. The van der Waals surface area contributed by atoms with Crippen LogP contribution in [0.1, 0.15) is 22.3 Å². The summed E-state index contributed by atoms with van der Waals surface area (Å²) >= 11 is 0. The normalized spacial score (nSPS) is 9.75. The van der Waals surface area contributed by atoms with Gasteiger partial charge >= 0.3 is 26.2 Å². The molecule has 2 radical (unpaired) electrons. The standard InChI is InChI=1S/2C17H15.C2H6Si.2CH3.Zr/c2*1-12-10-14-7-5-9-16(17(14)11-12)15-8-4-3-6-13(15)2;1-3-2;;;/h2*3-11H,1-2H3;1-2H3;2*1H3;/q2*-1;;2*-1;+4. The summed E-state index contributed by atoms with van der Waals surface area (Å²) < 4.78 is 0. The maximum atomic E-state index is 2.27. The smallest absolute Gasteiger partial charge is 0.358 e. The molecule has 0 aliphatic carbocycles. The molecule has 0 atom stereocenters. The number of hydrogen-bond acceptors (Lipinski definition) is 0. The first kappa shape index (κ1) is 35.2. The van der Waals surface area contributed by atoms with E-state index in [1.54, 1.807) is 0 Å². The van der Waals surface area contributed by atoms with Gasteiger partial charge in [0.05, 0.1) is 0 Å². The molecule has 6 aromatic carbocycles. The first-order chi connectivity index (χ1) is 17.9. The van der Waals surface area contributed by atoms with Gasteiger partial charge in [0.25, 0.3) is 0 Å². The van der Waals surface area contributed by atoms with Gasteiger partial charge in [0.2, 0.25) is 0 Å². The molecule has 2 heteroatoms. The maximum Gasteiger partial charge on any atom is 4.00 e. The van der Waals surface area contributed by atoms with Gasteiger partial charge in [0.15, 0.2) is 0 Å². The van der Waals surface area contributed by atoms with Gasteiger partial charge in [-0.15, -0.1) is 69.1 Å². The molecule has 0 amide bonds. The van der Waals surface area contributed by atoms with Crippen molar-refractivity contribution in [1.82, 2.24) is 0 Å². The Labute approximate surface area is 265 Å². The summed E-state index contributed by atoms with van der Waals surface area (Å²) in [5.41, 5.74) is 10.7. The van der Waals surface area contributed by atoms with Crippen molar-refractivity contribution < 1.29 is 26.2 Å². The van der Waals surface area contributed by atoms with E-state index < -0.39 is 0 Å². The summed E-state index contributed by atoms with van der Waals surface area (Å²) in [6, 6.07) is 39.3. The predicted octanol–water partition coefficient (Wildman–Crippen LogP) is 11.4. The number of aryl methyl sites for hydroxylation is 4. The minimum atomic E-state index is 0. The van der Waals surface area contributed by atoms with E-state index in [4.69, 9.17) is 0 Å². The molecule has 0 N–H and O–H groups in total. The average molecular weight is 618 g/mol. The third kappa shape index (κ3) is 8.12. The van der Waals surface area contributed by atoms with Crippen molar-refractivity contribution >= 4 is 31.1 Å². The third-order valence-corrected chi connectivity index (χ3v) is 6.66. The van der Waals surface area contributed by atoms with E-state index in [1.165, 1.54) is 66.1 Å². The van der Waals surface area contributed by atoms with Crippen molar-refractivity contribution in [2.75, 3.05) is 0 Å². The molecule has 202 valence electrons. The number of hydrogen-bond donors (Lipinski definition) is 0. The van der Waals surface area contributed by atoms with Gasteiger partial charge in [-0.05, 0) is 36.1 Å². The molecule has 0 heterocycles. The summed E-state index contributed by atoms with van der Waals surface area (Å²) in [6.45, 7) is 13.0. The summed E-state index contributed by atoms with van der Waals surface area (Å²) in [6.07, 6.45) is 0. The van der Waals surface area contributed by atoms with Gasteiger partial charge in [-0.3, -0.25) is 0 Å². The van der Waals surface area contributed by atoms with Crippen LogP contribution in [-0.2, 0) is 26.2 Å². The molecule has 0 aliphatic rings. The van der Waals surface area contributed by atoms with Crippen molar-refractivity contribution in [1.29, 1.82) is 0 Å². The zero-order chi connectivity index (χ0) is 26.4. The summed E-state index contributed by atoms with van der Waals surface area (Å²) in [5, 5.41) is 5.39. The second-order valence-electron chi connectivity index (χ2n) is 9.81. The van der Waals surface area contributed by atoms with Crippen LogP contribution in [0, 0.1) is 42.5 Å². The van der Waals surface area contributed by atoms with Crippen LogP contribution in [0.5, 0.6) is 0 Å². The molecule has 0 spiro atoms. The van der Waals surface area contributed by atoms with Crippen LogP contribution in [0.3, 0.4) is 0 Å². The van der Waals surface area contributed by atoms with Crippen molar-refractivity contribution in [2.45, 2.75) is 40.8 Å². The average Bonchev–Trinajstić information content (AvgIpc) is 3.46. The van der Waals surface area contributed by atoms with Crippen LogP contribution < -0.4 is 0 Å². The quantitative estimate of drug-likeness (QED) is 0.134. The van der Waals surface area contributed by atoms with Crippen LogP contribution in [-0.4, -0.2) is 9.52 Å². The molecule has 0 fully saturated rings. The maximum absolute atomic E-state index is 2.27. The Hall–Kier alpha value is -2.80. The number of fused-ring (bicyclic) bond motifs is 2. The predicted molar refractivity (Wildman–Crippen MR) is 179 cm³/mol. The Balaban J connectivity index is 0.000000341. The first-order valence-corrected chi connectivity index (χ1v) is 15.0. The molecule has 0 aliphatic heterocycles. The monoisotopic (exact) mass is 616 g/mol. The summed E-state index contributed by atoms with van der Waals surface area (Å²) in [5.74, 6) is 0. The minimum absolute atomic E-state index is 0. The van der Waals surface area contributed by atoms with Gasteiger partial charge in [-0.2, -0.15) is 12.1 Å². The molecule has 0 bridgehead atoms. The van der Waals surface area contributed by atoms with Crippen LogP contribution in [0.15, 0.2) is 109 Å². The van der Waals surface area contributed by atoms with Crippen molar-refractivity contribution in [3.8, 4) is 22.3 Å². The van der Waals surface area contributed by atoms with Gasteiger partial charge in [-0.1, -0.05) is 98.7 Å². The molecular formula is C38H42SiZr. The molecule has 0 nitrogen and oxygen atoms in total. The van der Waals surface area contributed by atoms with Gasteiger partial charge in [0.1, 0.15) is 0 Å². The largest absolute Gasteiger partial charge is 4.00 e.